The molecule has 0 bridgehead atoms. The lowest BCUT2D eigenvalue weighted by atomic mass is 9.86. The first-order valence-corrected chi connectivity index (χ1v) is 8.44. The molecule has 0 radical (unpaired) electrons. The molecule has 3 heteroatoms. The summed E-state index contributed by atoms with van der Waals surface area (Å²) in [7, 11) is 2.20. The van der Waals surface area contributed by atoms with Crippen LogP contribution in [0, 0.1) is 11.8 Å². The van der Waals surface area contributed by atoms with E-state index in [-0.39, 0.29) is 0 Å². The van der Waals surface area contributed by atoms with Gasteiger partial charge in [0.25, 0.3) is 0 Å². The number of rotatable bonds is 6. The summed E-state index contributed by atoms with van der Waals surface area (Å²) in [5.74, 6) is 2.66. The zero-order valence-electron chi connectivity index (χ0n) is 14.1. The zero-order chi connectivity index (χ0) is 15.2. The van der Waals surface area contributed by atoms with Gasteiger partial charge in [-0.05, 0) is 48.9 Å². The van der Waals surface area contributed by atoms with Gasteiger partial charge in [0, 0.05) is 25.8 Å². The van der Waals surface area contributed by atoms with E-state index in [1.54, 1.807) is 0 Å². The maximum Gasteiger partial charge on any atom is 0.128 e. The Bertz CT molecular complexity index is 430. The lowest BCUT2D eigenvalue weighted by molar-refractivity contribution is 0.335. The minimum atomic E-state index is 0.653. The van der Waals surface area contributed by atoms with Crippen LogP contribution in [0.1, 0.15) is 52.0 Å². The minimum absolute atomic E-state index is 0.653. The monoisotopic (exact) mass is 289 g/mol. The van der Waals surface area contributed by atoms with Crippen molar-refractivity contribution in [3.8, 4) is 0 Å². The molecule has 21 heavy (non-hydrogen) atoms. The van der Waals surface area contributed by atoms with Gasteiger partial charge < -0.3 is 10.2 Å². The van der Waals surface area contributed by atoms with Crippen molar-refractivity contribution in [3.05, 3.63) is 23.9 Å². The molecule has 0 saturated heterocycles. The Hall–Kier alpha value is -1.09. The highest BCUT2D eigenvalue weighted by Crippen LogP contribution is 2.28. The second-order valence-corrected chi connectivity index (χ2v) is 7.08. The molecule has 1 heterocycles. The first-order chi connectivity index (χ1) is 10.1. The third kappa shape index (κ3) is 4.99. The molecule has 2 atom stereocenters. The number of anilines is 1. The van der Waals surface area contributed by atoms with E-state index >= 15 is 0 Å². The van der Waals surface area contributed by atoms with Crippen LogP contribution < -0.4 is 10.2 Å². The highest BCUT2D eigenvalue weighted by molar-refractivity contribution is 5.41. The highest BCUT2D eigenvalue weighted by Gasteiger charge is 2.23. The molecular formula is C18H31N3. The molecule has 1 saturated carbocycles. The van der Waals surface area contributed by atoms with Crippen LogP contribution in [-0.2, 0) is 6.54 Å². The number of nitrogens with zero attached hydrogens (tertiary/aromatic N) is 2. The number of hydrogen-bond acceptors (Lipinski definition) is 3. The van der Waals surface area contributed by atoms with E-state index in [0.717, 1.165) is 24.8 Å². The van der Waals surface area contributed by atoms with Crippen molar-refractivity contribution in [2.24, 2.45) is 11.8 Å². The Morgan fingerprint density at radius 2 is 2.19 bits per heavy atom. The Labute approximate surface area is 130 Å². The Morgan fingerprint density at radius 3 is 2.90 bits per heavy atom. The van der Waals surface area contributed by atoms with Gasteiger partial charge in [-0.1, -0.05) is 33.6 Å². The molecule has 1 fully saturated rings. The molecule has 0 aliphatic heterocycles. The third-order valence-corrected chi connectivity index (χ3v) is 4.51. The van der Waals surface area contributed by atoms with Gasteiger partial charge in [-0.3, -0.25) is 0 Å². The molecule has 1 aromatic heterocycles. The highest BCUT2D eigenvalue weighted by atomic mass is 15.2. The second-order valence-electron chi connectivity index (χ2n) is 7.08. The van der Waals surface area contributed by atoms with E-state index in [4.69, 9.17) is 0 Å². The molecule has 1 aliphatic carbocycles. The molecule has 0 spiro atoms. The van der Waals surface area contributed by atoms with E-state index in [1.165, 1.54) is 31.2 Å². The van der Waals surface area contributed by atoms with Crippen molar-refractivity contribution in [3.63, 3.8) is 0 Å². The van der Waals surface area contributed by atoms with Crippen molar-refractivity contribution in [1.29, 1.82) is 0 Å². The summed E-state index contributed by atoms with van der Waals surface area (Å²) in [5, 5.41) is 3.51. The predicted molar refractivity (Wildman–Crippen MR) is 90.6 cm³/mol. The van der Waals surface area contributed by atoms with E-state index < -0.39 is 0 Å². The fourth-order valence-corrected chi connectivity index (χ4v) is 3.21. The first-order valence-electron chi connectivity index (χ1n) is 8.44. The van der Waals surface area contributed by atoms with Gasteiger partial charge in [-0.25, -0.2) is 4.98 Å². The summed E-state index contributed by atoms with van der Waals surface area (Å²) < 4.78 is 0. The van der Waals surface area contributed by atoms with Crippen LogP contribution in [0.15, 0.2) is 18.3 Å². The van der Waals surface area contributed by atoms with Gasteiger partial charge in [0.15, 0.2) is 0 Å². The fourth-order valence-electron chi connectivity index (χ4n) is 3.21. The second kappa shape index (κ2) is 7.79. The molecule has 1 N–H and O–H groups in total. The first kappa shape index (κ1) is 16.3. The summed E-state index contributed by atoms with van der Waals surface area (Å²) in [4.78, 5) is 6.97. The fraction of sp³-hybridized carbons (Fsp3) is 0.722. The Morgan fingerprint density at radius 1 is 1.38 bits per heavy atom. The molecule has 2 rings (SSSR count). The van der Waals surface area contributed by atoms with E-state index in [1.807, 2.05) is 6.20 Å². The lowest BCUT2D eigenvalue weighted by Gasteiger charge is -2.35. The summed E-state index contributed by atoms with van der Waals surface area (Å²) in [6, 6.07) is 5.01. The van der Waals surface area contributed by atoms with Crippen LogP contribution in [0.2, 0.25) is 0 Å². The smallest absolute Gasteiger partial charge is 0.128 e. The Kier molecular flexibility index (Phi) is 6.04. The summed E-state index contributed by atoms with van der Waals surface area (Å²) >= 11 is 0. The molecule has 118 valence electrons. The van der Waals surface area contributed by atoms with Crippen LogP contribution in [0.3, 0.4) is 0 Å². The van der Waals surface area contributed by atoms with Gasteiger partial charge in [0.05, 0.1) is 0 Å². The lowest BCUT2D eigenvalue weighted by Crippen LogP contribution is -2.36. The molecule has 1 aliphatic rings. The standard InChI is InChI=1S/C18H31N3/c1-14(2)12-19-13-16-8-9-20-18(11-16)21(4)17-7-5-6-15(3)10-17/h8-9,11,14-15,17,19H,5-7,10,12-13H2,1-4H3. The van der Waals surface area contributed by atoms with Crippen molar-refractivity contribution in [1.82, 2.24) is 10.3 Å². The average Bonchev–Trinajstić information content (AvgIpc) is 2.46. The topological polar surface area (TPSA) is 28.2 Å². The normalized spacial score (nSPS) is 22.5. The van der Waals surface area contributed by atoms with E-state index in [9.17, 15) is 0 Å². The predicted octanol–water partition coefficient (Wildman–Crippen LogP) is 3.84. The van der Waals surface area contributed by atoms with Crippen LogP contribution in [-0.4, -0.2) is 24.6 Å². The van der Waals surface area contributed by atoms with Crippen molar-refractivity contribution in [2.75, 3.05) is 18.5 Å². The van der Waals surface area contributed by atoms with E-state index in [0.29, 0.717) is 12.0 Å². The summed E-state index contributed by atoms with van der Waals surface area (Å²) in [5.41, 5.74) is 1.33. The molecule has 2 unspecified atom stereocenters. The van der Waals surface area contributed by atoms with Gasteiger partial charge >= 0.3 is 0 Å². The molecule has 0 amide bonds. The number of aromatic nitrogens is 1. The number of hydrogen-bond donors (Lipinski definition) is 1. The molecule has 0 aromatic carbocycles. The van der Waals surface area contributed by atoms with E-state index in [2.05, 4.69) is 55.2 Å². The average molecular weight is 289 g/mol. The maximum absolute atomic E-state index is 4.58. The van der Waals surface area contributed by atoms with Gasteiger partial charge in [0.2, 0.25) is 0 Å². The number of pyridine rings is 1. The van der Waals surface area contributed by atoms with Crippen LogP contribution >= 0.6 is 0 Å². The van der Waals surface area contributed by atoms with Crippen LogP contribution in [0.5, 0.6) is 0 Å². The van der Waals surface area contributed by atoms with Crippen LogP contribution in [0.4, 0.5) is 5.82 Å². The zero-order valence-corrected chi connectivity index (χ0v) is 14.1. The molecular weight excluding hydrogens is 258 g/mol. The van der Waals surface area contributed by atoms with Gasteiger partial charge in [0.1, 0.15) is 5.82 Å². The number of nitrogens with one attached hydrogen (secondary N) is 1. The largest absolute Gasteiger partial charge is 0.357 e. The summed E-state index contributed by atoms with van der Waals surface area (Å²) in [6.07, 6.45) is 7.29. The third-order valence-electron chi connectivity index (χ3n) is 4.51. The molecule has 1 aromatic rings. The van der Waals surface area contributed by atoms with Crippen molar-refractivity contribution >= 4 is 5.82 Å². The maximum atomic E-state index is 4.58. The quantitative estimate of drug-likeness (QED) is 0.862. The van der Waals surface area contributed by atoms with Gasteiger partial charge in [-0.2, -0.15) is 0 Å². The van der Waals surface area contributed by atoms with Crippen molar-refractivity contribution < 1.29 is 0 Å². The van der Waals surface area contributed by atoms with Gasteiger partial charge in [-0.15, -0.1) is 0 Å². The Balaban J connectivity index is 1.95. The molecule has 3 nitrogen and oxygen atoms in total. The summed E-state index contributed by atoms with van der Waals surface area (Å²) in [6.45, 7) is 8.85. The minimum Gasteiger partial charge on any atom is -0.357 e. The van der Waals surface area contributed by atoms with Crippen LogP contribution in [0.25, 0.3) is 0 Å². The van der Waals surface area contributed by atoms with Crippen molar-refractivity contribution in [2.45, 2.75) is 59.0 Å². The SMILES string of the molecule is CC(C)CNCc1ccnc(N(C)C2CCCC(C)C2)c1.